The van der Waals surface area contributed by atoms with Crippen LogP contribution in [0.4, 0.5) is 0 Å². The van der Waals surface area contributed by atoms with Crippen LogP contribution in [0.1, 0.15) is 91.6 Å². The van der Waals surface area contributed by atoms with Crippen LogP contribution in [0.2, 0.25) is 0 Å². The summed E-state index contributed by atoms with van der Waals surface area (Å²) in [6.45, 7) is 6.13. The summed E-state index contributed by atoms with van der Waals surface area (Å²) in [5, 5.41) is 0. The van der Waals surface area contributed by atoms with Gasteiger partial charge in [0.05, 0.1) is 12.0 Å². The molecule has 0 unspecified atom stereocenters. The standard InChI is InChI=1S/C28H39N3O4/c1-2-12-30-13-9-18(10-14-30)20-7-8-21(27(29)33)22(16-20)25(19-5-3-4-6-19)28(34)31-15-11-24-26(31)23(32)17-35-24/h7-8,16,18-19,24-26H,2-6,9-15,17H2,1H3,(H2,29,33)/t24-,25+,26-/m1/s1. The lowest BCUT2D eigenvalue weighted by atomic mass is 9.78. The molecule has 7 nitrogen and oxygen atoms in total. The number of benzene rings is 1. The van der Waals surface area contributed by atoms with E-state index in [-0.39, 0.29) is 30.3 Å². The summed E-state index contributed by atoms with van der Waals surface area (Å²) < 4.78 is 5.65. The fraction of sp³-hybridized carbons (Fsp3) is 0.679. The van der Waals surface area contributed by atoms with E-state index < -0.39 is 17.9 Å². The number of carbonyl (C=O) groups is 3. The highest BCUT2D eigenvalue weighted by atomic mass is 16.5. The Kier molecular flexibility index (Phi) is 7.26. The number of rotatable bonds is 7. The predicted octanol–water partition coefficient (Wildman–Crippen LogP) is 3.22. The zero-order chi connectivity index (χ0) is 24.5. The molecular weight excluding hydrogens is 442 g/mol. The van der Waals surface area contributed by atoms with Gasteiger partial charge >= 0.3 is 0 Å². The van der Waals surface area contributed by atoms with Crippen LogP contribution in [0.15, 0.2) is 18.2 Å². The third kappa shape index (κ3) is 4.77. The molecule has 2 amide bonds. The second-order valence-electron chi connectivity index (χ2n) is 10.9. The van der Waals surface area contributed by atoms with Crippen molar-refractivity contribution in [1.82, 2.24) is 9.80 Å². The molecule has 35 heavy (non-hydrogen) atoms. The average molecular weight is 482 g/mol. The number of primary amides is 1. The van der Waals surface area contributed by atoms with Crippen molar-refractivity contribution in [2.75, 3.05) is 32.8 Å². The molecule has 3 saturated heterocycles. The number of amides is 2. The minimum atomic E-state index is -0.486. The number of hydrogen-bond acceptors (Lipinski definition) is 5. The van der Waals surface area contributed by atoms with Gasteiger partial charge in [0.1, 0.15) is 12.6 Å². The summed E-state index contributed by atoms with van der Waals surface area (Å²) in [5.41, 5.74) is 8.28. The van der Waals surface area contributed by atoms with Gasteiger partial charge in [-0.05, 0) is 87.2 Å². The maximum atomic E-state index is 14.2. The van der Waals surface area contributed by atoms with Crippen molar-refractivity contribution >= 4 is 17.6 Å². The van der Waals surface area contributed by atoms with Gasteiger partial charge in [-0.25, -0.2) is 0 Å². The minimum Gasteiger partial charge on any atom is -0.368 e. The molecule has 3 aliphatic heterocycles. The summed E-state index contributed by atoms with van der Waals surface area (Å²) in [6, 6.07) is 5.52. The van der Waals surface area contributed by atoms with E-state index in [1.165, 1.54) is 12.0 Å². The lowest BCUT2D eigenvalue weighted by Crippen LogP contribution is -2.45. The highest BCUT2D eigenvalue weighted by molar-refractivity contribution is 5.99. The highest BCUT2D eigenvalue weighted by Gasteiger charge is 2.49. The van der Waals surface area contributed by atoms with Crippen LogP contribution in [0.3, 0.4) is 0 Å². The molecule has 7 heteroatoms. The minimum absolute atomic E-state index is 0.00580. The molecule has 3 heterocycles. The molecule has 4 fully saturated rings. The number of nitrogens with zero attached hydrogens (tertiary/aromatic N) is 2. The van der Waals surface area contributed by atoms with Gasteiger partial charge < -0.3 is 20.3 Å². The Morgan fingerprint density at radius 3 is 2.51 bits per heavy atom. The van der Waals surface area contributed by atoms with Crippen molar-refractivity contribution in [1.29, 1.82) is 0 Å². The Hall–Kier alpha value is -2.25. The summed E-state index contributed by atoms with van der Waals surface area (Å²) in [4.78, 5) is 43.5. The van der Waals surface area contributed by atoms with Crippen molar-refractivity contribution in [2.45, 2.75) is 82.3 Å². The number of fused-ring (bicyclic) bond motifs is 1. The third-order valence-electron chi connectivity index (χ3n) is 8.81. The number of Topliss-reactive ketones (excluding diaryl/α,β-unsaturated/α-hetero) is 1. The van der Waals surface area contributed by atoms with Crippen LogP contribution in [0, 0.1) is 5.92 Å². The SMILES string of the molecule is CCCN1CCC(c2ccc(C(N)=O)c([C@@H](C(=O)N3CC[C@H]4OCC(=O)[C@H]43)C3CCCC3)c2)CC1. The molecule has 2 N–H and O–H groups in total. The molecule has 0 aromatic heterocycles. The summed E-state index contributed by atoms with van der Waals surface area (Å²) in [7, 11) is 0. The highest BCUT2D eigenvalue weighted by Crippen LogP contribution is 2.43. The van der Waals surface area contributed by atoms with Crippen LogP contribution >= 0.6 is 0 Å². The largest absolute Gasteiger partial charge is 0.368 e. The van der Waals surface area contributed by atoms with E-state index in [1.54, 1.807) is 4.90 Å². The Balaban J connectivity index is 1.48. The van der Waals surface area contributed by atoms with Gasteiger partial charge in [0.15, 0.2) is 5.78 Å². The monoisotopic (exact) mass is 481 g/mol. The maximum Gasteiger partial charge on any atom is 0.249 e. The van der Waals surface area contributed by atoms with Crippen molar-refractivity contribution in [2.24, 2.45) is 11.7 Å². The zero-order valence-electron chi connectivity index (χ0n) is 20.9. The third-order valence-corrected chi connectivity index (χ3v) is 8.81. The number of ketones is 1. The normalized spacial score (nSPS) is 26.9. The van der Waals surface area contributed by atoms with Crippen molar-refractivity contribution in [3.8, 4) is 0 Å². The summed E-state index contributed by atoms with van der Waals surface area (Å²) in [6.07, 6.45) is 7.93. The summed E-state index contributed by atoms with van der Waals surface area (Å²) in [5.74, 6) is -0.371. The average Bonchev–Trinajstić information content (AvgIpc) is 3.60. The first-order chi connectivity index (χ1) is 17.0. The van der Waals surface area contributed by atoms with Gasteiger partial charge in [0.25, 0.3) is 0 Å². The first-order valence-electron chi connectivity index (χ1n) is 13.6. The van der Waals surface area contributed by atoms with Crippen LogP contribution in [-0.2, 0) is 14.3 Å². The fourth-order valence-corrected chi connectivity index (χ4v) is 7.02. The maximum absolute atomic E-state index is 14.2. The molecule has 1 aliphatic carbocycles. The number of nitrogens with two attached hydrogens (primary N) is 1. The lowest BCUT2D eigenvalue weighted by molar-refractivity contribution is -0.138. The van der Waals surface area contributed by atoms with E-state index in [0.29, 0.717) is 24.4 Å². The Morgan fingerprint density at radius 1 is 1.09 bits per heavy atom. The van der Waals surface area contributed by atoms with E-state index in [1.807, 2.05) is 12.1 Å². The number of ether oxygens (including phenoxy) is 1. The van der Waals surface area contributed by atoms with Gasteiger partial charge in [-0.3, -0.25) is 14.4 Å². The van der Waals surface area contributed by atoms with Gasteiger partial charge in [0.2, 0.25) is 11.8 Å². The van der Waals surface area contributed by atoms with Gasteiger partial charge in [-0.2, -0.15) is 0 Å². The van der Waals surface area contributed by atoms with Gasteiger partial charge in [-0.1, -0.05) is 31.9 Å². The van der Waals surface area contributed by atoms with E-state index >= 15 is 0 Å². The topological polar surface area (TPSA) is 92.9 Å². The van der Waals surface area contributed by atoms with E-state index in [2.05, 4.69) is 17.9 Å². The van der Waals surface area contributed by atoms with Crippen LogP contribution in [-0.4, -0.2) is 72.3 Å². The van der Waals surface area contributed by atoms with E-state index in [0.717, 1.165) is 63.7 Å². The molecule has 0 radical (unpaired) electrons. The Morgan fingerprint density at radius 2 is 1.83 bits per heavy atom. The Bertz CT molecular complexity index is 965. The molecule has 0 spiro atoms. The lowest BCUT2D eigenvalue weighted by Gasteiger charge is -2.34. The van der Waals surface area contributed by atoms with Crippen LogP contribution in [0.5, 0.6) is 0 Å². The molecule has 1 aromatic carbocycles. The second-order valence-corrected chi connectivity index (χ2v) is 10.9. The molecular formula is C28H39N3O4. The summed E-state index contributed by atoms with van der Waals surface area (Å²) >= 11 is 0. The molecule has 1 aromatic rings. The quantitative estimate of drug-likeness (QED) is 0.646. The van der Waals surface area contributed by atoms with Gasteiger partial charge in [-0.15, -0.1) is 0 Å². The molecule has 5 rings (SSSR count). The van der Waals surface area contributed by atoms with Crippen LogP contribution in [0.25, 0.3) is 0 Å². The van der Waals surface area contributed by atoms with E-state index in [4.69, 9.17) is 10.5 Å². The number of hydrogen-bond donors (Lipinski definition) is 1. The smallest absolute Gasteiger partial charge is 0.249 e. The number of likely N-dealkylation sites (tertiary alicyclic amines) is 2. The first-order valence-corrected chi connectivity index (χ1v) is 13.6. The molecule has 3 atom stereocenters. The number of piperidine rings is 1. The van der Waals surface area contributed by atoms with E-state index in [9.17, 15) is 14.4 Å². The number of carbonyl (C=O) groups excluding carboxylic acids is 3. The second kappa shape index (κ2) is 10.4. The van der Waals surface area contributed by atoms with Gasteiger partial charge in [0, 0.05) is 12.1 Å². The van der Waals surface area contributed by atoms with Crippen molar-refractivity contribution in [3.63, 3.8) is 0 Å². The van der Waals surface area contributed by atoms with Crippen LogP contribution < -0.4 is 5.73 Å². The fourth-order valence-electron chi connectivity index (χ4n) is 7.02. The molecule has 4 aliphatic rings. The van der Waals surface area contributed by atoms with Crippen molar-refractivity contribution in [3.05, 3.63) is 34.9 Å². The van der Waals surface area contributed by atoms with Crippen molar-refractivity contribution < 1.29 is 19.1 Å². The molecule has 1 saturated carbocycles. The zero-order valence-corrected chi connectivity index (χ0v) is 20.9. The Labute approximate surface area is 208 Å². The predicted molar refractivity (Wildman–Crippen MR) is 133 cm³/mol. The molecule has 190 valence electrons. The first kappa shape index (κ1) is 24.4. The molecule has 0 bridgehead atoms.